The fraction of sp³-hybridized carbons (Fsp3) is 0.500. The van der Waals surface area contributed by atoms with E-state index >= 15 is 0 Å². The molecular formula is C10H13NO5S. The molecule has 0 aliphatic carbocycles. The number of hydrogen-bond acceptors (Lipinski definition) is 6. The second-order valence-electron chi connectivity index (χ2n) is 2.95. The maximum Gasteiger partial charge on any atom is 0.434 e. The van der Waals surface area contributed by atoms with Gasteiger partial charge < -0.3 is 14.6 Å². The van der Waals surface area contributed by atoms with Gasteiger partial charge in [0.2, 0.25) is 0 Å². The molecule has 94 valence electrons. The van der Waals surface area contributed by atoms with Gasteiger partial charge in [0.25, 0.3) is 0 Å². The molecule has 1 rings (SSSR count). The van der Waals surface area contributed by atoms with Crippen LogP contribution in [-0.2, 0) is 14.3 Å². The van der Waals surface area contributed by atoms with Crippen LogP contribution in [0.5, 0.6) is 0 Å². The highest BCUT2D eigenvalue weighted by atomic mass is 32.2. The number of aliphatic hydroxyl groups excluding tert-OH is 1. The lowest BCUT2D eigenvalue weighted by Crippen LogP contribution is -2.14. The minimum Gasteiger partial charge on any atom is -0.510 e. The molecule has 0 radical (unpaired) electrons. The number of ether oxygens (including phenoxy) is 2. The Bertz CT molecular complexity index is 388. The molecule has 0 unspecified atom stereocenters. The van der Waals surface area contributed by atoms with Gasteiger partial charge in [-0.3, -0.25) is 0 Å². The first kappa shape index (κ1) is 13.6. The number of carbonyl (C=O) groups excluding carboxylic acids is 2. The van der Waals surface area contributed by atoms with E-state index in [4.69, 9.17) is 4.74 Å². The molecule has 1 aliphatic heterocycles. The van der Waals surface area contributed by atoms with Crippen molar-refractivity contribution in [2.24, 2.45) is 4.99 Å². The number of rotatable bonds is 3. The van der Waals surface area contributed by atoms with Crippen molar-refractivity contribution in [3.63, 3.8) is 0 Å². The van der Waals surface area contributed by atoms with Gasteiger partial charge in [0, 0.05) is 0 Å². The number of thioether (sulfide) groups is 1. The van der Waals surface area contributed by atoms with Crippen molar-refractivity contribution in [2.75, 3.05) is 19.0 Å². The van der Waals surface area contributed by atoms with Gasteiger partial charge in [-0.1, -0.05) is 11.8 Å². The Labute approximate surface area is 103 Å². The number of amides is 1. The van der Waals surface area contributed by atoms with E-state index in [2.05, 4.69) is 9.73 Å². The number of aliphatic imine (C=N–C) groups is 1. The number of nitrogens with zero attached hydrogens (tertiary/aromatic N) is 1. The lowest BCUT2D eigenvalue weighted by Gasteiger charge is -2.03. The van der Waals surface area contributed by atoms with Crippen LogP contribution < -0.4 is 0 Å². The summed E-state index contributed by atoms with van der Waals surface area (Å²) in [7, 11) is 0. The second kappa shape index (κ2) is 6.29. The minimum absolute atomic E-state index is 0.0510. The summed E-state index contributed by atoms with van der Waals surface area (Å²) in [6.07, 6.45) is -0.786. The van der Waals surface area contributed by atoms with Gasteiger partial charge in [-0.15, -0.1) is 0 Å². The highest BCUT2D eigenvalue weighted by molar-refractivity contribution is 8.15. The molecule has 1 heterocycles. The van der Waals surface area contributed by atoms with Gasteiger partial charge >= 0.3 is 12.1 Å². The van der Waals surface area contributed by atoms with Crippen LogP contribution in [0.15, 0.2) is 16.3 Å². The van der Waals surface area contributed by atoms with Crippen molar-refractivity contribution >= 4 is 28.9 Å². The van der Waals surface area contributed by atoms with Crippen molar-refractivity contribution in [1.82, 2.24) is 0 Å². The number of aliphatic hydroxyl groups is 1. The summed E-state index contributed by atoms with van der Waals surface area (Å²) in [6, 6.07) is 0. The molecule has 0 saturated carbocycles. The van der Waals surface area contributed by atoms with Crippen molar-refractivity contribution in [1.29, 1.82) is 0 Å². The van der Waals surface area contributed by atoms with Crippen molar-refractivity contribution < 1.29 is 24.2 Å². The third-order valence-corrected chi connectivity index (χ3v) is 2.77. The normalized spacial score (nSPS) is 17.4. The Morgan fingerprint density at radius 2 is 2.00 bits per heavy atom. The van der Waals surface area contributed by atoms with E-state index in [1.54, 1.807) is 13.8 Å². The summed E-state index contributed by atoms with van der Waals surface area (Å²) in [5, 5.41) is 9.66. The van der Waals surface area contributed by atoms with Crippen molar-refractivity contribution in [3.8, 4) is 0 Å². The monoisotopic (exact) mass is 259 g/mol. The van der Waals surface area contributed by atoms with Crippen LogP contribution in [0, 0.1) is 0 Å². The summed E-state index contributed by atoms with van der Waals surface area (Å²) in [4.78, 5) is 26.3. The average Bonchev–Trinajstić information content (AvgIpc) is 2.60. The molecule has 17 heavy (non-hydrogen) atoms. The Hall–Kier alpha value is -1.50. The predicted octanol–water partition coefficient (Wildman–Crippen LogP) is 1.66. The van der Waals surface area contributed by atoms with Crippen LogP contribution in [-0.4, -0.2) is 41.2 Å². The standard InChI is InChI=1S/C10H13NO5S/c1-3-15-9(13)7-6(12)5-17-8(7)11-10(14)16-4-2/h12H,3-5H2,1-2H3/b11-8-. The lowest BCUT2D eigenvalue weighted by atomic mass is 10.2. The first-order chi connectivity index (χ1) is 8.10. The highest BCUT2D eigenvalue weighted by Gasteiger charge is 2.30. The topological polar surface area (TPSA) is 85.2 Å². The van der Waals surface area contributed by atoms with Crippen molar-refractivity contribution in [2.45, 2.75) is 13.8 Å². The van der Waals surface area contributed by atoms with Crippen LogP contribution in [0.4, 0.5) is 4.79 Å². The molecule has 0 atom stereocenters. The fourth-order valence-corrected chi connectivity index (χ4v) is 2.04. The first-order valence-electron chi connectivity index (χ1n) is 5.08. The summed E-state index contributed by atoms with van der Waals surface area (Å²) in [5.41, 5.74) is -0.0510. The summed E-state index contributed by atoms with van der Waals surface area (Å²) >= 11 is 1.09. The minimum atomic E-state index is -0.786. The molecule has 0 bridgehead atoms. The molecule has 0 spiro atoms. The molecule has 6 nitrogen and oxygen atoms in total. The van der Waals surface area contributed by atoms with Gasteiger partial charge in [0.05, 0.1) is 19.0 Å². The summed E-state index contributed by atoms with van der Waals surface area (Å²) in [6.45, 7) is 3.69. The molecule has 1 N–H and O–H groups in total. The first-order valence-corrected chi connectivity index (χ1v) is 6.06. The molecule has 0 fully saturated rings. The summed E-state index contributed by atoms with van der Waals surface area (Å²) in [5.74, 6) is -0.610. The van der Waals surface area contributed by atoms with E-state index in [0.29, 0.717) is 0 Å². The van der Waals surface area contributed by atoms with Crippen LogP contribution >= 0.6 is 11.8 Å². The third kappa shape index (κ3) is 3.48. The zero-order chi connectivity index (χ0) is 12.8. The average molecular weight is 259 g/mol. The number of carbonyl (C=O) groups is 2. The van der Waals surface area contributed by atoms with E-state index in [0.717, 1.165) is 11.8 Å². The van der Waals surface area contributed by atoms with E-state index in [1.165, 1.54) is 0 Å². The Balaban J connectivity index is 2.88. The van der Waals surface area contributed by atoms with Crippen LogP contribution in [0.1, 0.15) is 13.8 Å². The van der Waals surface area contributed by atoms with E-state index in [1.807, 2.05) is 0 Å². The summed E-state index contributed by atoms with van der Waals surface area (Å²) < 4.78 is 9.40. The predicted molar refractivity (Wildman–Crippen MR) is 63.2 cm³/mol. The number of esters is 1. The van der Waals surface area contributed by atoms with E-state index in [-0.39, 0.29) is 35.3 Å². The molecule has 0 aromatic rings. The van der Waals surface area contributed by atoms with Gasteiger partial charge in [-0.2, -0.15) is 4.99 Å². The fourth-order valence-electron chi connectivity index (χ4n) is 1.14. The molecule has 0 saturated heterocycles. The number of hydrogen-bond donors (Lipinski definition) is 1. The van der Waals surface area contributed by atoms with Crippen molar-refractivity contribution in [3.05, 3.63) is 11.3 Å². The molecular weight excluding hydrogens is 246 g/mol. The molecule has 0 aromatic heterocycles. The third-order valence-electron chi connectivity index (χ3n) is 1.79. The quantitative estimate of drug-likeness (QED) is 0.776. The second-order valence-corrected chi connectivity index (χ2v) is 3.91. The smallest absolute Gasteiger partial charge is 0.434 e. The van der Waals surface area contributed by atoms with E-state index in [9.17, 15) is 14.7 Å². The lowest BCUT2D eigenvalue weighted by molar-refractivity contribution is -0.138. The molecule has 7 heteroatoms. The van der Waals surface area contributed by atoms with Crippen LogP contribution in [0.3, 0.4) is 0 Å². The van der Waals surface area contributed by atoms with E-state index < -0.39 is 12.1 Å². The maximum absolute atomic E-state index is 11.5. The molecule has 0 aromatic carbocycles. The molecule has 1 amide bonds. The van der Waals surface area contributed by atoms with Gasteiger partial charge in [0.1, 0.15) is 16.4 Å². The Morgan fingerprint density at radius 3 is 2.59 bits per heavy atom. The largest absolute Gasteiger partial charge is 0.510 e. The Morgan fingerprint density at radius 1 is 1.35 bits per heavy atom. The molecule has 1 aliphatic rings. The zero-order valence-electron chi connectivity index (χ0n) is 9.56. The van der Waals surface area contributed by atoms with Crippen LogP contribution in [0.2, 0.25) is 0 Å². The SMILES string of the molecule is CCOC(=O)/N=C1\SCC(O)=C1C(=O)OCC. The maximum atomic E-state index is 11.5. The van der Waals surface area contributed by atoms with Gasteiger partial charge in [-0.25, -0.2) is 9.59 Å². The zero-order valence-corrected chi connectivity index (χ0v) is 10.4. The van der Waals surface area contributed by atoms with Crippen LogP contribution in [0.25, 0.3) is 0 Å². The Kier molecular flexibility index (Phi) is 5.02. The van der Waals surface area contributed by atoms with Gasteiger partial charge in [-0.05, 0) is 13.8 Å². The highest BCUT2D eigenvalue weighted by Crippen LogP contribution is 2.27. The van der Waals surface area contributed by atoms with Gasteiger partial charge in [0.15, 0.2) is 0 Å².